The molecule has 2 amide bonds. The number of nitrogens with zero attached hydrogens (tertiary/aromatic N) is 2. The van der Waals surface area contributed by atoms with Crippen LogP contribution in [0.5, 0.6) is 0 Å². The van der Waals surface area contributed by atoms with Gasteiger partial charge in [-0.25, -0.2) is 4.39 Å². The number of rotatable bonds is 5. The zero-order chi connectivity index (χ0) is 21.9. The zero-order valence-electron chi connectivity index (χ0n) is 16.4. The van der Waals surface area contributed by atoms with Crippen molar-refractivity contribution in [1.29, 1.82) is 5.26 Å². The highest BCUT2D eigenvalue weighted by atomic mass is 19.1. The molecule has 0 aliphatic rings. The molecule has 1 aromatic heterocycles. The molecule has 0 saturated carbocycles. The van der Waals surface area contributed by atoms with Gasteiger partial charge in [0.2, 0.25) is 0 Å². The number of carbonyl (C=O) groups is 3. The van der Waals surface area contributed by atoms with E-state index in [0.29, 0.717) is 11.3 Å². The summed E-state index contributed by atoms with van der Waals surface area (Å²) in [5.41, 5.74) is 1.02. The number of amides is 2. The van der Waals surface area contributed by atoms with Gasteiger partial charge >= 0.3 is 0 Å². The van der Waals surface area contributed by atoms with Crippen LogP contribution in [-0.2, 0) is 11.8 Å². The minimum atomic E-state index is -0.864. The number of hydrogen-bond acceptors (Lipinski definition) is 4. The van der Waals surface area contributed by atoms with E-state index < -0.39 is 29.5 Å². The van der Waals surface area contributed by atoms with Gasteiger partial charge in [-0.15, -0.1) is 6.42 Å². The van der Waals surface area contributed by atoms with Crippen LogP contribution in [0.2, 0.25) is 0 Å². The van der Waals surface area contributed by atoms with Crippen molar-refractivity contribution in [2.75, 3.05) is 5.32 Å². The molecule has 0 saturated heterocycles. The summed E-state index contributed by atoms with van der Waals surface area (Å²) in [5, 5.41) is 13.9. The van der Waals surface area contributed by atoms with E-state index in [4.69, 9.17) is 11.7 Å². The first-order chi connectivity index (χ1) is 13.6. The molecule has 0 radical (unpaired) electrons. The van der Waals surface area contributed by atoms with Crippen molar-refractivity contribution in [1.82, 2.24) is 9.88 Å². The maximum atomic E-state index is 13.5. The van der Waals surface area contributed by atoms with Gasteiger partial charge in [0.05, 0.1) is 17.2 Å². The van der Waals surface area contributed by atoms with Gasteiger partial charge in [-0.1, -0.05) is 5.92 Å². The van der Waals surface area contributed by atoms with Gasteiger partial charge in [0.1, 0.15) is 17.6 Å². The number of anilines is 1. The highest BCUT2D eigenvalue weighted by molar-refractivity contribution is 6.43. The molecular formula is C21H19FN4O3. The van der Waals surface area contributed by atoms with Crippen molar-refractivity contribution in [2.24, 2.45) is 7.05 Å². The van der Waals surface area contributed by atoms with E-state index in [2.05, 4.69) is 16.6 Å². The molecule has 1 aromatic carbocycles. The fourth-order valence-electron chi connectivity index (χ4n) is 2.93. The van der Waals surface area contributed by atoms with Crippen molar-refractivity contribution in [3.8, 4) is 18.4 Å². The van der Waals surface area contributed by atoms with Crippen molar-refractivity contribution >= 4 is 23.3 Å². The smallest absolute Gasteiger partial charge is 0.293 e. The molecule has 0 unspecified atom stereocenters. The summed E-state index contributed by atoms with van der Waals surface area (Å²) < 4.78 is 15.0. The highest BCUT2D eigenvalue weighted by Gasteiger charge is 2.29. The van der Waals surface area contributed by atoms with Crippen LogP contribution in [0.1, 0.15) is 44.6 Å². The number of carbonyl (C=O) groups excluding carboxylic acids is 3. The maximum absolute atomic E-state index is 13.5. The van der Waals surface area contributed by atoms with Crippen molar-refractivity contribution in [3.05, 3.63) is 52.1 Å². The number of aromatic nitrogens is 1. The number of nitriles is 1. The quantitative estimate of drug-likeness (QED) is 0.461. The van der Waals surface area contributed by atoms with Crippen molar-refractivity contribution < 1.29 is 18.8 Å². The number of nitrogens with one attached hydrogen (secondary N) is 2. The van der Waals surface area contributed by atoms with Gasteiger partial charge in [-0.2, -0.15) is 5.26 Å². The predicted molar refractivity (Wildman–Crippen MR) is 105 cm³/mol. The lowest BCUT2D eigenvalue weighted by Gasteiger charge is -2.08. The summed E-state index contributed by atoms with van der Waals surface area (Å²) in [6.07, 6.45) is 5.21. The first kappa shape index (κ1) is 21.4. The third-order valence-corrected chi connectivity index (χ3v) is 4.52. The first-order valence-corrected chi connectivity index (χ1v) is 8.60. The topological polar surface area (TPSA) is 104 Å². The Kier molecular flexibility index (Phi) is 6.20. The van der Waals surface area contributed by atoms with Crippen LogP contribution in [0.25, 0.3) is 0 Å². The Hall–Kier alpha value is -3.91. The lowest BCUT2D eigenvalue weighted by atomic mass is 10.0. The predicted octanol–water partition coefficient (Wildman–Crippen LogP) is 2.23. The van der Waals surface area contributed by atoms with Gasteiger partial charge in [-0.05, 0) is 44.5 Å². The Morgan fingerprint density at radius 1 is 1.28 bits per heavy atom. The Bertz CT molecular complexity index is 1100. The van der Waals surface area contributed by atoms with Crippen LogP contribution in [0.4, 0.5) is 10.1 Å². The first-order valence-electron chi connectivity index (χ1n) is 8.60. The lowest BCUT2D eigenvalue weighted by molar-refractivity contribution is -0.117. The highest BCUT2D eigenvalue weighted by Crippen LogP contribution is 2.23. The number of ketones is 1. The second-order valence-electron chi connectivity index (χ2n) is 6.44. The van der Waals surface area contributed by atoms with Crippen LogP contribution in [0, 0.1) is 43.3 Å². The summed E-state index contributed by atoms with van der Waals surface area (Å²) in [7, 11) is 1.58. The molecule has 1 atom stereocenters. The average molecular weight is 394 g/mol. The molecule has 8 heteroatoms. The molecule has 29 heavy (non-hydrogen) atoms. The van der Waals surface area contributed by atoms with Crippen LogP contribution in [0.15, 0.2) is 18.2 Å². The van der Waals surface area contributed by atoms with Gasteiger partial charge in [0.15, 0.2) is 0 Å². The molecule has 148 valence electrons. The van der Waals surface area contributed by atoms with Crippen LogP contribution in [0.3, 0.4) is 0 Å². The molecule has 0 spiro atoms. The molecule has 2 aromatic rings. The molecule has 7 nitrogen and oxygen atoms in total. The van der Waals surface area contributed by atoms with Crippen molar-refractivity contribution in [3.63, 3.8) is 0 Å². The van der Waals surface area contributed by atoms with E-state index in [-0.39, 0.29) is 22.5 Å². The van der Waals surface area contributed by atoms with E-state index in [9.17, 15) is 18.8 Å². The SMILES string of the molecule is C#C[C@@H](C)NC(=O)C(=O)c1c(C)c(C(=O)Nc2ccc(F)c(C#N)c2)n(C)c1C. The Labute approximate surface area is 167 Å². The van der Waals surface area contributed by atoms with Crippen LogP contribution in [-0.4, -0.2) is 28.2 Å². The molecule has 0 aliphatic carbocycles. The fraction of sp³-hybridized carbons (Fsp3) is 0.238. The largest absolute Gasteiger partial charge is 0.343 e. The van der Waals surface area contributed by atoms with Crippen LogP contribution >= 0.6 is 0 Å². The molecule has 2 N–H and O–H groups in total. The van der Waals surface area contributed by atoms with Gasteiger partial charge in [-0.3, -0.25) is 14.4 Å². The normalized spacial score (nSPS) is 11.1. The summed E-state index contributed by atoms with van der Waals surface area (Å²) in [6.45, 7) is 4.73. The number of terminal acetylenes is 1. The van der Waals surface area contributed by atoms with E-state index in [1.807, 2.05) is 0 Å². The van der Waals surface area contributed by atoms with Crippen LogP contribution < -0.4 is 10.6 Å². The van der Waals surface area contributed by atoms with E-state index in [1.165, 1.54) is 16.7 Å². The van der Waals surface area contributed by atoms with E-state index in [0.717, 1.165) is 6.07 Å². The Balaban J connectivity index is 2.38. The van der Waals surface area contributed by atoms with Gasteiger partial charge < -0.3 is 15.2 Å². The number of hydrogen-bond donors (Lipinski definition) is 2. The fourth-order valence-corrected chi connectivity index (χ4v) is 2.93. The third-order valence-electron chi connectivity index (χ3n) is 4.52. The molecule has 0 bridgehead atoms. The second-order valence-corrected chi connectivity index (χ2v) is 6.44. The molecule has 2 rings (SSSR count). The summed E-state index contributed by atoms with van der Waals surface area (Å²) in [6, 6.07) is 4.68. The Morgan fingerprint density at radius 3 is 2.52 bits per heavy atom. The number of halogens is 1. The monoisotopic (exact) mass is 394 g/mol. The minimum absolute atomic E-state index is 0.108. The summed E-state index contributed by atoms with van der Waals surface area (Å²) in [5.74, 6) is -0.628. The Morgan fingerprint density at radius 2 is 1.93 bits per heavy atom. The molecule has 1 heterocycles. The van der Waals surface area contributed by atoms with Crippen molar-refractivity contribution in [2.45, 2.75) is 26.8 Å². The zero-order valence-corrected chi connectivity index (χ0v) is 16.4. The maximum Gasteiger partial charge on any atom is 0.293 e. The van der Waals surface area contributed by atoms with Gasteiger partial charge in [0.25, 0.3) is 17.6 Å². The minimum Gasteiger partial charge on any atom is -0.343 e. The summed E-state index contributed by atoms with van der Waals surface area (Å²) >= 11 is 0. The molecule has 0 fully saturated rings. The summed E-state index contributed by atoms with van der Waals surface area (Å²) in [4.78, 5) is 37.5. The van der Waals surface area contributed by atoms with Gasteiger partial charge in [0, 0.05) is 18.4 Å². The molecule has 0 aliphatic heterocycles. The average Bonchev–Trinajstić information content (AvgIpc) is 2.91. The number of benzene rings is 1. The standard InChI is InChI=1S/C21H19FN4O3/c1-6-11(2)24-21(29)19(27)17-12(3)18(26(5)13(17)4)20(28)25-15-7-8-16(22)14(9-15)10-23/h1,7-9,11H,2-5H3,(H,24,29)(H,25,28)/t11-/m1/s1. The number of Topliss-reactive ketones (excluding diaryl/α,β-unsaturated/α-hetero) is 1. The molecular weight excluding hydrogens is 375 g/mol. The second kappa shape index (κ2) is 8.41. The lowest BCUT2D eigenvalue weighted by Crippen LogP contribution is -2.37. The van der Waals surface area contributed by atoms with E-state index in [1.54, 1.807) is 33.9 Å². The van der Waals surface area contributed by atoms with E-state index >= 15 is 0 Å². The third kappa shape index (κ3) is 4.17.